The highest BCUT2D eigenvalue weighted by Gasteiger charge is 2.06. The molecule has 0 aliphatic carbocycles. The van der Waals surface area contributed by atoms with Gasteiger partial charge in [0, 0.05) is 23.4 Å². The minimum atomic E-state index is -0.484. The molecule has 2 aromatic carbocycles. The Labute approximate surface area is 116 Å². The number of amides is 1. The third-order valence-electron chi connectivity index (χ3n) is 3.02. The van der Waals surface area contributed by atoms with Crippen LogP contribution in [0.15, 0.2) is 36.4 Å². The van der Waals surface area contributed by atoms with E-state index in [1.165, 1.54) is 18.2 Å². The quantitative estimate of drug-likeness (QED) is 0.802. The van der Waals surface area contributed by atoms with Gasteiger partial charge in [-0.15, -0.1) is 0 Å². The van der Waals surface area contributed by atoms with Crippen LogP contribution < -0.4 is 11.1 Å². The van der Waals surface area contributed by atoms with Crippen molar-refractivity contribution in [3.63, 3.8) is 0 Å². The Morgan fingerprint density at radius 2 is 2.05 bits per heavy atom. The van der Waals surface area contributed by atoms with Crippen molar-refractivity contribution in [1.82, 2.24) is 0 Å². The fraction of sp³-hybridized carbons (Fsp3) is 0.133. The normalized spacial score (nSPS) is 10.3. The largest absolute Gasteiger partial charge is 0.508 e. The molecule has 0 bridgehead atoms. The third-order valence-corrected chi connectivity index (χ3v) is 3.02. The fourth-order valence-corrected chi connectivity index (χ4v) is 1.90. The summed E-state index contributed by atoms with van der Waals surface area (Å²) >= 11 is 0. The summed E-state index contributed by atoms with van der Waals surface area (Å²) < 4.78 is 13.1. The Morgan fingerprint density at radius 3 is 2.70 bits per heavy atom. The van der Waals surface area contributed by atoms with Crippen LogP contribution >= 0.6 is 0 Å². The van der Waals surface area contributed by atoms with E-state index in [-0.39, 0.29) is 12.3 Å². The molecule has 5 heteroatoms. The summed E-state index contributed by atoms with van der Waals surface area (Å²) in [7, 11) is 0. The topological polar surface area (TPSA) is 75.4 Å². The van der Waals surface area contributed by atoms with Gasteiger partial charge in [-0.25, -0.2) is 4.39 Å². The summed E-state index contributed by atoms with van der Waals surface area (Å²) in [6, 6.07) is 8.81. The molecule has 0 heterocycles. The van der Waals surface area contributed by atoms with Crippen molar-refractivity contribution < 1.29 is 14.3 Å². The maximum absolute atomic E-state index is 13.1. The zero-order chi connectivity index (χ0) is 14.7. The third kappa shape index (κ3) is 3.06. The lowest BCUT2D eigenvalue weighted by atomic mass is 10.1. The first-order valence-electron chi connectivity index (χ1n) is 6.09. The van der Waals surface area contributed by atoms with Gasteiger partial charge in [-0.05, 0) is 48.9 Å². The van der Waals surface area contributed by atoms with E-state index in [2.05, 4.69) is 5.32 Å². The Hall–Kier alpha value is -2.56. The molecule has 2 aromatic rings. The number of aryl methyl sites for hydroxylation is 1. The van der Waals surface area contributed by atoms with Gasteiger partial charge in [0.1, 0.15) is 11.6 Å². The average Bonchev–Trinajstić information content (AvgIpc) is 2.40. The lowest BCUT2D eigenvalue weighted by Crippen LogP contribution is -2.11. The molecule has 0 saturated carbocycles. The second-order valence-electron chi connectivity index (χ2n) is 4.52. The molecule has 0 aromatic heterocycles. The van der Waals surface area contributed by atoms with E-state index in [0.29, 0.717) is 11.1 Å². The first kappa shape index (κ1) is 13.9. The number of aromatic hydroxyl groups is 1. The van der Waals surface area contributed by atoms with E-state index >= 15 is 0 Å². The van der Waals surface area contributed by atoms with Crippen LogP contribution in [0.3, 0.4) is 0 Å². The van der Waals surface area contributed by atoms with Crippen molar-refractivity contribution in [3.05, 3.63) is 58.9 Å². The van der Waals surface area contributed by atoms with Crippen molar-refractivity contribution in [2.75, 3.05) is 5.32 Å². The van der Waals surface area contributed by atoms with Gasteiger partial charge in [0.05, 0.1) is 0 Å². The van der Waals surface area contributed by atoms with E-state index in [1.807, 2.05) is 6.92 Å². The van der Waals surface area contributed by atoms with Crippen LogP contribution in [0.1, 0.15) is 21.5 Å². The van der Waals surface area contributed by atoms with Crippen molar-refractivity contribution in [3.8, 4) is 5.75 Å². The van der Waals surface area contributed by atoms with Gasteiger partial charge in [0.2, 0.25) is 5.91 Å². The van der Waals surface area contributed by atoms with Gasteiger partial charge in [0.25, 0.3) is 0 Å². The van der Waals surface area contributed by atoms with Crippen molar-refractivity contribution in [2.45, 2.75) is 13.5 Å². The number of halogens is 1. The molecule has 0 fully saturated rings. The van der Waals surface area contributed by atoms with E-state index < -0.39 is 11.7 Å². The minimum Gasteiger partial charge on any atom is -0.508 e. The maximum Gasteiger partial charge on any atom is 0.248 e. The average molecular weight is 274 g/mol. The molecule has 2 rings (SSSR count). The molecule has 0 radical (unpaired) electrons. The Balaban J connectivity index is 2.15. The minimum absolute atomic E-state index is 0.0327. The van der Waals surface area contributed by atoms with Crippen LogP contribution in [0, 0.1) is 12.7 Å². The van der Waals surface area contributed by atoms with Gasteiger partial charge in [-0.1, -0.05) is 0 Å². The predicted octanol–water partition coefficient (Wildman–Crippen LogP) is 2.55. The monoisotopic (exact) mass is 274 g/mol. The highest BCUT2D eigenvalue weighted by Crippen LogP contribution is 2.21. The van der Waals surface area contributed by atoms with Crippen LogP contribution in [0.2, 0.25) is 0 Å². The van der Waals surface area contributed by atoms with Gasteiger partial charge in [-0.2, -0.15) is 0 Å². The second-order valence-corrected chi connectivity index (χ2v) is 4.52. The van der Waals surface area contributed by atoms with Gasteiger partial charge in [0.15, 0.2) is 0 Å². The standard InChI is InChI=1S/C15H15FN2O2/c1-9-6-10(15(17)20)2-4-13(9)18-8-11-7-12(16)3-5-14(11)19/h2-7,18-19H,8H2,1H3,(H2,17,20). The fourth-order valence-electron chi connectivity index (χ4n) is 1.90. The first-order valence-corrected chi connectivity index (χ1v) is 6.09. The molecule has 0 saturated heterocycles. The number of carbonyl (C=O) groups is 1. The molecule has 0 unspecified atom stereocenters. The van der Waals surface area contributed by atoms with Crippen LogP contribution in [-0.2, 0) is 6.54 Å². The summed E-state index contributed by atoms with van der Waals surface area (Å²) in [5.41, 5.74) is 7.73. The lowest BCUT2D eigenvalue weighted by molar-refractivity contribution is 0.1000. The summed E-state index contributed by atoms with van der Waals surface area (Å²) in [6.07, 6.45) is 0. The number of hydrogen-bond donors (Lipinski definition) is 3. The number of phenolic OH excluding ortho intramolecular Hbond substituents is 1. The molecule has 0 aliphatic heterocycles. The number of anilines is 1. The summed E-state index contributed by atoms with van der Waals surface area (Å²) in [5.74, 6) is -0.854. The van der Waals surface area contributed by atoms with E-state index in [0.717, 1.165) is 11.3 Å². The molecule has 20 heavy (non-hydrogen) atoms. The van der Waals surface area contributed by atoms with Gasteiger partial charge >= 0.3 is 0 Å². The first-order chi connectivity index (χ1) is 9.47. The predicted molar refractivity (Wildman–Crippen MR) is 75.1 cm³/mol. The zero-order valence-corrected chi connectivity index (χ0v) is 11.0. The van der Waals surface area contributed by atoms with E-state index in [1.54, 1.807) is 18.2 Å². The van der Waals surface area contributed by atoms with Gasteiger partial charge < -0.3 is 16.2 Å². The van der Waals surface area contributed by atoms with Crippen LogP contribution in [-0.4, -0.2) is 11.0 Å². The number of rotatable bonds is 4. The molecular formula is C15H15FN2O2. The van der Waals surface area contributed by atoms with Crippen molar-refractivity contribution in [1.29, 1.82) is 0 Å². The van der Waals surface area contributed by atoms with Crippen molar-refractivity contribution in [2.24, 2.45) is 5.73 Å². The Morgan fingerprint density at radius 1 is 1.30 bits per heavy atom. The molecule has 4 N–H and O–H groups in total. The summed E-state index contributed by atoms with van der Waals surface area (Å²) in [5, 5.41) is 12.7. The molecular weight excluding hydrogens is 259 g/mol. The number of benzene rings is 2. The maximum atomic E-state index is 13.1. The Kier molecular flexibility index (Phi) is 3.89. The van der Waals surface area contributed by atoms with Crippen molar-refractivity contribution >= 4 is 11.6 Å². The second kappa shape index (κ2) is 5.61. The number of phenols is 1. The number of hydrogen-bond acceptors (Lipinski definition) is 3. The Bertz CT molecular complexity index is 656. The zero-order valence-electron chi connectivity index (χ0n) is 11.0. The van der Waals surface area contributed by atoms with E-state index in [4.69, 9.17) is 5.73 Å². The highest BCUT2D eigenvalue weighted by atomic mass is 19.1. The smallest absolute Gasteiger partial charge is 0.248 e. The number of nitrogens with one attached hydrogen (secondary N) is 1. The van der Waals surface area contributed by atoms with Crippen LogP contribution in [0.25, 0.3) is 0 Å². The number of primary amides is 1. The van der Waals surface area contributed by atoms with Crippen LogP contribution in [0.4, 0.5) is 10.1 Å². The van der Waals surface area contributed by atoms with Gasteiger partial charge in [-0.3, -0.25) is 4.79 Å². The molecule has 0 spiro atoms. The molecule has 104 valence electrons. The summed E-state index contributed by atoms with van der Waals surface area (Å²) in [6.45, 7) is 2.11. The number of carbonyl (C=O) groups excluding carboxylic acids is 1. The molecule has 1 amide bonds. The van der Waals surface area contributed by atoms with Crippen LogP contribution in [0.5, 0.6) is 5.75 Å². The molecule has 0 atom stereocenters. The highest BCUT2D eigenvalue weighted by molar-refractivity contribution is 5.93. The SMILES string of the molecule is Cc1cc(C(N)=O)ccc1NCc1cc(F)ccc1O. The molecule has 0 aliphatic rings. The summed E-state index contributed by atoms with van der Waals surface area (Å²) in [4.78, 5) is 11.1. The number of nitrogens with two attached hydrogens (primary N) is 1. The van der Waals surface area contributed by atoms with E-state index in [9.17, 15) is 14.3 Å². The molecule has 4 nitrogen and oxygen atoms in total. The lowest BCUT2D eigenvalue weighted by Gasteiger charge is -2.11.